The van der Waals surface area contributed by atoms with Crippen LogP contribution in [-0.2, 0) is 4.79 Å². The third kappa shape index (κ3) is 5.66. The van der Waals surface area contributed by atoms with Crippen molar-refractivity contribution in [2.24, 2.45) is 0 Å². The quantitative estimate of drug-likeness (QED) is 0.833. The smallest absolute Gasteiger partial charge is 0.262 e. The molecule has 0 bridgehead atoms. The summed E-state index contributed by atoms with van der Waals surface area (Å²) in [5.41, 5.74) is 1.85. The number of anilines is 1. The van der Waals surface area contributed by atoms with Crippen LogP contribution in [0.3, 0.4) is 0 Å². The minimum absolute atomic E-state index is 0.0283. The lowest BCUT2D eigenvalue weighted by Crippen LogP contribution is -2.20. The second-order valence-corrected chi connectivity index (χ2v) is 5.51. The maximum atomic E-state index is 12.0. The van der Waals surface area contributed by atoms with Crippen molar-refractivity contribution < 1.29 is 14.3 Å². The van der Waals surface area contributed by atoms with Crippen LogP contribution in [0.4, 0.5) is 5.69 Å². The average molecular weight is 313 g/mol. The topological polar surface area (TPSA) is 47.6 Å². The first kappa shape index (κ1) is 16.9. The Morgan fingerprint density at radius 1 is 1.13 bits per heavy atom. The highest BCUT2D eigenvalue weighted by atomic mass is 16.5. The van der Waals surface area contributed by atoms with Gasteiger partial charge in [0.05, 0.1) is 6.10 Å². The van der Waals surface area contributed by atoms with Gasteiger partial charge >= 0.3 is 0 Å². The first-order valence-electron chi connectivity index (χ1n) is 7.83. The van der Waals surface area contributed by atoms with Gasteiger partial charge in [0.1, 0.15) is 11.5 Å². The lowest BCUT2D eigenvalue weighted by atomic mass is 10.2. The van der Waals surface area contributed by atoms with E-state index in [0.29, 0.717) is 11.4 Å². The highest BCUT2D eigenvalue weighted by Gasteiger charge is 2.06. The number of benzene rings is 2. The molecule has 0 saturated heterocycles. The van der Waals surface area contributed by atoms with Crippen LogP contribution < -0.4 is 14.8 Å². The number of aryl methyl sites for hydroxylation is 1. The van der Waals surface area contributed by atoms with Gasteiger partial charge in [-0.05, 0) is 44.5 Å². The molecule has 2 rings (SSSR count). The molecule has 23 heavy (non-hydrogen) atoms. The summed E-state index contributed by atoms with van der Waals surface area (Å²) in [4.78, 5) is 12.0. The zero-order chi connectivity index (χ0) is 16.7. The molecular formula is C19H23NO3. The van der Waals surface area contributed by atoms with Crippen LogP contribution in [0.5, 0.6) is 11.5 Å². The maximum Gasteiger partial charge on any atom is 0.262 e. The molecule has 0 fully saturated rings. The fraction of sp³-hybridized carbons (Fsp3) is 0.316. The molecule has 122 valence electrons. The van der Waals surface area contributed by atoms with Crippen LogP contribution in [0.2, 0.25) is 0 Å². The van der Waals surface area contributed by atoms with E-state index in [0.717, 1.165) is 17.7 Å². The summed E-state index contributed by atoms with van der Waals surface area (Å²) in [6.07, 6.45) is 1.08. The summed E-state index contributed by atoms with van der Waals surface area (Å²) in [5, 5.41) is 2.81. The fourth-order valence-corrected chi connectivity index (χ4v) is 1.94. The maximum absolute atomic E-state index is 12.0. The number of nitrogens with one attached hydrogen (secondary N) is 1. The predicted molar refractivity (Wildman–Crippen MR) is 92.1 cm³/mol. The Kier molecular flexibility index (Phi) is 6.03. The van der Waals surface area contributed by atoms with Gasteiger partial charge in [0.25, 0.3) is 5.91 Å². The van der Waals surface area contributed by atoms with Gasteiger partial charge in [0.2, 0.25) is 0 Å². The Morgan fingerprint density at radius 2 is 1.87 bits per heavy atom. The van der Waals surface area contributed by atoms with Crippen molar-refractivity contribution >= 4 is 11.6 Å². The highest BCUT2D eigenvalue weighted by Crippen LogP contribution is 2.19. The molecule has 0 spiro atoms. The van der Waals surface area contributed by atoms with E-state index in [-0.39, 0.29) is 18.6 Å². The van der Waals surface area contributed by atoms with E-state index >= 15 is 0 Å². The Bertz CT molecular complexity index is 637. The van der Waals surface area contributed by atoms with E-state index in [1.54, 1.807) is 0 Å². The Labute approximate surface area is 137 Å². The van der Waals surface area contributed by atoms with Crippen molar-refractivity contribution in [1.82, 2.24) is 0 Å². The monoisotopic (exact) mass is 313 g/mol. The number of ether oxygens (including phenoxy) is 2. The van der Waals surface area contributed by atoms with Gasteiger partial charge in [-0.1, -0.05) is 30.7 Å². The van der Waals surface area contributed by atoms with E-state index < -0.39 is 0 Å². The Balaban J connectivity index is 1.87. The Morgan fingerprint density at radius 3 is 2.57 bits per heavy atom. The lowest BCUT2D eigenvalue weighted by molar-refractivity contribution is -0.118. The molecule has 1 N–H and O–H groups in total. The van der Waals surface area contributed by atoms with E-state index in [4.69, 9.17) is 9.47 Å². The van der Waals surface area contributed by atoms with Gasteiger partial charge < -0.3 is 14.8 Å². The van der Waals surface area contributed by atoms with Crippen molar-refractivity contribution in [3.05, 3.63) is 54.1 Å². The van der Waals surface area contributed by atoms with Crippen molar-refractivity contribution in [2.75, 3.05) is 11.9 Å². The second kappa shape index (κ2) is 8.22. The zero-order valence-corrected chi connectivity index (χ0v) is 13.8. The SMILES string of the molecule is CCC(C)Oc1cccc(NC(=O)COc2ccc(C)cc2)c1. The molecule has 4 heteroatoms. The highest BCUT2D eigenvalue weighted by molar-refractivity contribution is 5.92. The zero-order valence-electron chi connectivity index (χ0n) is 13.8. The van der Waals surface area contributed by atoms with Crippen LogP contribution in [-0.4, -0.2) is 18.6 Å². The largest absolute Gasteiger partial charge is 0.491 e. The van der Waals surface area contributed by atoms with Crippen LogP contribution >= 0.6 is 0 Å². The summed E-state index contributed by atoms with van der Waals surface area (Å²) in [6.45, 7) is 6.06. The van der Waals surface area contributed by atoms with Gasteiger partial charge in [-0.3, -0.25) is 4.79 Å². The third-order valence-electron chi connectivity index (χ3n) is 3.42. The third-order valence-corrected chi connectivity index (χ3v) is 3.42. The molecule has 0 aliphatic carbocycles. The van der Waals surface area contributed by atoms with Gasteiger partial charge in [-0.2, -0.15) is 0 Å². The molecule has 0 aliphatic rings. The van der Waals surface area contributed by atoms with Crippen LogP contribution in [0.1, 0.15) is 25.8 Å². The molecule has 0 heterocycles. The number of amides is 1. The predicted octanol–water partition coefficient (Wildman–Crippen LogP) is 4.19. The number of carbonyl (C=O) groups excluding carboxylic acids is 1. The molecule has 0 aromatic heterocycles. The van der Waals surface area contributed by atoms with E-state index in [1.807, 2.05) is 62.4 Å². The minimum Gasteiger partial charge on any atom is -0.491 e. The molecule has 0 saturated carbocycles. The van der Waals surface area contributed by atoms with E-state index in [2.05, 4.69) is 12.2 Å². The van der Waals surface area contributed by atoms with Crippen molar-refractivity contribution in [2.45, 2.75) is 33.3 Å². The molecule has 2 aromatic carbocycles. The van der Waals surface area contributed by atoms with Gasteiger partial charge in [-0.15, -0.1) is 0 Å². The summed E-state index contributed by atoms with van der Waals surface area (Å²) in [7, 11) is 0. The van der Waals surface area contributed by atoms with Crippen LogP contribution in [0.25, 0.3) is 0 Å². The minimum atomic E-state index is -0.203. The molecular weight excluding hydrogens is 290 g/mol. The number of rotatable bonds is 7. The first-order chi connectivity index (χ1) is 11.1. The molecule has 1 atom stereocenters. The fourth-order valence-electron chi connectivity index (χ4n) is 1.94. The second-order valence-electron chi connectivity index (χ2n) is 5.51. The van der Waals surface area contributed by atoms with Crippen molar-refractivity contribution in [3.63, 3.8) is 0 Å². The van der Waals surface area contributed by atoms with Gasteiger partial charge in [0.15, 0.2) is 6.61 Å². The Hall–Kier alpha value is -2.49. The molecule has 1 amide bonds. The first-order valence-corrected chi connectivity index (χ1v) is 7.83. The van der Waals surface area contributed by atoms with Crippen molar-refractivity contribution in [1.29, 1.82) is 0 Å². The molecule has 0 aliphatic heterocycles. The standard InChI is InChI=1S/C19H23NO3/c1-4-15(3)23-18-7-5-6-16(12-18)20-19(21)13-22-17-10-8-14(2)9-11-17/h5-12,15H,4,13H2,1-3H3,(H,20,21). The lowest BCUT2D eigenvalue weighted by Gasteiger charge is -2.14. The van der Waals surface area contributed by atoms with Gasteiger partial charge in [-0.25, -0.2) is 0 Å². The number of hydrogen-bond donors (Lipinski definition) is 1. The van der Waals surface area contributed by atoms with Crippen LogP contribution in [0, 0.1) is 6.92 Å². The number of carbonyl (C=O) groups is 1. The molecule has 0 radical (unpaired) electrons. The molecule has 4 nitrogen and oxygen atoms in total. The summed E-state index contributed by atoms with van der Waals surface area (Å²) < 4.78 is 11.2. The average Bonchev–Trinajstić information content (AvgIpc) is 2.54. The normalized spacial score (nSPS) is 11.6. The number of hydrogen-bond acceptors (Lipinski definition) is 3. The molecule has 2 aromatic rings. The summed E-state index contributed by atoms with van der Waals surface area (Å²) in [6, 6.07) is 15.0. The van der Waals surface area contributed by atoms with E-state index in [9.17, 15) is 4.79 Å². The van der Waals surface area contributed by atoms with E-state index in [1.165, 1.54) is 0 Å². The van der Waals surface area contributed by atoms with Crippen molar-refractivity contribution in [3.8, 4) is 11.5 Å². The van der Waals surface area contributed by atoms with Gasteiger partial charge in [0, 0.05) is 11.8 Å². The summed E-state index contributed by atoms with van der Waals surface area (Å²) >= 11 is 0. The van der Waals surface area contributed by atoms with Crippen LogP contribution in [0.15, 0.2) is 48.5 Å². The summed E-state index contributed by atoms with van der Waals surface area (Å²) in [5.74, 6) is 1.22. The molecule has 1 unspecified atom stereocenters.